The van der Waals surface area contributed by atoms with Gasteiger partial charge in [-0.25, -0.2) is 9.97 Å². The van der Waals surface area contributed by atoms with Gasteiger partial charge in [0.25, 0.3) is 5.56 Å². The molecule has 1 atom stereocenters. The van der Waals surface area contributed by atoms with Gasteiger partial charge in [0, 0.05) is 36.6 Å². The molecule has 0 aliphatic carbocycles. The van der Waals surface area contributed by atoms with E-state index in [1.807, 2.05) is 61.5 Å². The fourth-order valence-corrected chi connectivity index (χ4v) is 5.21. The molecule has 0 spiro atoms. The van der Waals surface area contributed by atoms with Crippen molar-refractivity contribution in [3.8, 4) is 11.5 Å². The number of carbonyl (C=O) groups excluding carboxylic acids is 1. The molecule has 2 aromatic carbocycles. The van der Waals surface area contributed by atoms with Crippen molar-refractivity contribution in [1.82, 2.24) is 19.9 Å². The first-order valence-electron chi connectivity index (χ1n) is 13.5. The Labute approximate surface area is 262 Å². The summed E-state index contributed by atoms with van der Waals surface area (Å²) in [5, 5.41) is 6.23. The number of hydrogen-bond donors (Lipinski definition) is 3. The van der Waals surface area contributed by atoms with Crippen LogP contribution in [0.3, 0.4) is 0 Å². The maximum atomic E-state index is 13.6. The van der Waals surface area contributed by atoms with Gasteiger partial charge < -0.3 is 25.8 Å². The Morgan fingerprint density at radius 2 is 1.60 bits per heavy atom. The average molecular weight is 628 g/mol. The molecule has 0 fully saturated rings. The van der Waals surface area contributed by atoms with E-state index in [0.717, 1.165) is 39.6 Å². The van der Waals surface area contributed by atoms with Crippen molar-refractivity contribution < 1.29 is 14.3 Å². The summed E-state index contributed by atoms with van der Waals surface area (Å²) in [6.07, 6.45) is 2.82. The molecular weight excluding hydrogens is 591 g/mol. The van der Waals surface area contributed by atoms with Gasteiger partial charge in [0.2, 0.25) is 5.91 Å². The van der Waals surface area contributed by atoms with Crippen molar-refractivity contribution >= 4 is 42.4 Å². The molecule has 2 aromatic heterocycles. The fraction of sp³-hybridized carbons (Fsp3) is 0.290. The number of fused-ring (bicyclic) bond motifs is 1. The summed E-state index contributed by atoms with van der Waals surface area (Å²) in [6, 6.07) is 18.7. The quantitative estimate of drug-likeness (QED) is 0.235. The van der Waals surface area contributed by atoms with Crippen LogP contribution in [0.5, 0.6) is 11.5 Å². The number of aryl methyl sites for hydroxylation is 2. The molecule has 10 nitrogen and oxygen atoms in total. The van der Waals surface area contributed by atoms with E-state index in [0.29, 0.717) is 31.7 Å². The molecule has 3 heterocycles. The highest BCUT2D eigenvalue weighted by Gasteiger charge is 2.31. The van der Waals surface area contributed by atoms with E-state index < -0.39 is 6.04 Å². The number of ether oxygens (including phenoxy) is 2. The number of benzene rings is 2. The van der Waals surface area contributed by atoms with E-state index >= 15 is 0 Å². The molecule has 4 aromatic rings. The third kappa shape index (κ3) is 7.39. The summed E-state index contributed by atoms with van der Waals surface area (Å²) >= 11 is 0. The van der Waals surface area contributed by atoms with Crippen LogP contribution in [0.15, 0.2) is 71.7 Å². The molecule has 12 heteroatoms. The molecule has 43 heavy (non-hydrogen) atoms. The number of pyridine rings is 1. The lowest BCUT2D eigenvalue weighted by molar-refractivity contribution is -0.124. The van der Waals surface area contributed by atoms with Crippen molar-refractivity contribution in [3.05, 3.63) is 105 Å². The Morgan fingerprint density at radius 3 is 2.16 bits per heavy atom. The molecule has 0 saturated heterocycles. The lowest BCUT2D eigenvalue weighted by atomic mass is 9.91. The van der Waals surface area contributed by atoms with Crippen LogP contribution in [0, 0.1) is 6.92 Å². The number of amides is 1. The van der Waals surface area contributed by atoms with Gasteiger partial charge in [-0.05, 0) is 66.8 Å². The standard InChI is InChI=1S/C31H34N6O4.2ClH/c1-19-22(8-15-28(32)36-19)16-35-30(38)27-14-9-23-17-33-29(31(39)37(23)27)34-18-26(20-4-10-24(40-2)11-5-20)21-6-12-25(41-3)13-7-21;;/h4-8,10-13,15,17,26-27H,9,14,16,18H2,1-3H3,(H2,32,36)(H,33,34)(H,35,38);2*1H/t27-;;/m0../s1. The molecule has 0 bridgehead atoms. The number of rotatable bonds is 10. The molecule has 1 aliphatic rings. The molecule has 0 radical (unpaired) electrons. The van der Waals surface area contributed by atoms with Crippen LogP contribution in [0.25, 0.3) is 0 Å². The maximum absolute atomic E-state index is 13.6. The number of anilines is 2. The smallest absolute Gasteiger partial charge is 0.294 e. The summed E-state index contributed by atoms with van der Waals surface area (Å²) in [5.74, 6) is 1.87. The normalized spacial score (nSPS) is 13.3. The Hall–Kier alpha value is -4.28. The summed E-state index contributed by atoms with van der Waals surface area (Å²) < 4.78 is 12.2. The average Bonchev–Trinajstić information content (AvgIpc) is 3.43. The van der Waals surface area contributed by atoms with Crippen LogP contribution in [-0.2, 0) is 17.8 Å². The van der Waals surface area contributed by atoms with Gasteiger partial charge in [0.1, 0.15) is 23.4 Å². The molecule has 0 saturated carbocycles. The van der Waals surface area contributed by atoms with Crippen molar-refractivity contribution in [2.24, 2.45) is 0 Å². The summed E-state index contributed by atoms with van der Waals surface area (Å²) in [4.78, 5) is 35.5. The minimum Gasteiger partial charge on any atom is -0.497 e. The van der Waals surface area contributed by atoms with Gasteiger partial charge in [-0.3, -0.25) is 14.2 Å². The third-order valence-corrected chi connectivity index (χ3v) is 7.54. The predicted molar refractivity (Wildman–Crippen MR) is 172 cm³/mol. The zero-order chi connectivity index (χ0) is 28.9. The van der Waals surface area contributed by atoms with Gasteiger partial charge in [-0.2, -0.15) is 0 Å². The van der Waals surface area contributed by atoms with Gasteiger partial charge in [0.15, 0.2) is 5.82 Å². The summed E-state index contributed by atoms with van der Waals surface area (Å²) in [6.45, 7) is 2.57. The zero-order valence-electron chi connectivity index (χ0n) is 24.2. The summed E-state index contributed by atoms with van der Waals surface area (Å²) in [5.41, 5.74) is 9.91. The van der Waals surface area contributed by atoms with E-state index in [9.17, 15) is 9.59 Å². The van der Waals surface area contributed by atoms with Crippen LogP contribution >= 0.6 is 24.8 Å². The lowest BCUT2D eigenvalue weighted by Gasteiger charge is -2.20. The number of aromatic nitrogens is 3. The van der Waals surface area contributed by atoms with Crippen LogP contribution in [-0.4, -0.2) is 41.2 Å². The number of halogens is 2. The van der Waals surface area contributed by atoms with Crippen molar-refractivity contribution in [3.63, 3.8) is 0 Å². The molecule has 4 N–H and O–H groups in total. The first-order chi connectivity index (χ1) is 19.9. The van der Waals surface area contributed by atoms with Crippen LogP contribution in [0.2, 0.25) is 0 Å². The van der Waals surface area contributed by atoms with Gasteiger partial charge in [0.05, 0.1) is 14.2 Å². The SMILES string of the molecule is COc1ccc(C(CNc2ncc3n(c2=O)[C@H](C(=O)NCc2ccc(N)nc2C)CC3)c2ccc(OC)cc2)cc1.Cl.Cl. The van der Waals surface area contributed by atoms with Crippen LogP contribution < -0.4 is 31.4 Å². The Bertz CT molecular complexity index is 1550. The molecule has 1 aliphatic heterocycles. The van der Waals surface area contributed by atoms with E-state index in [-0.39, 0.29) is 48.0 Å². The number of carbonyl (C=O) groups is 1. The first-order valence-corrected chi connectivity index (χ1v) is 13.5. The molecular formula is C31H36Cl2N6O4. The van der Waals surface area contributed by atoms with Crippen LogP contribution in [0.4, 0.5) is 11.6 Å². The fourth-order valence-electron chi connectivity index (χ4n) is 5.21. The monoisotopic (exact) mass is 626 g/mol. The zero-order valence-corrected chi connectivity index (χ0v) is 25.8. The van der Waals surface area contributed by atoms with E-state index in [4.69, 9.17) is 15.2 Å². The van der Waals surface area contributed by atoms with Gasteiger partial charge in [-0.1, -0.05) is 30.3 Å². The number of nitrogen functional groups attached to an aromatic ring is 1. The van der Waals surface area contributed by atoms with E-state index in [1.165, 1.54) is 0 Å². The maximum Gasteiger partial charge on any atom is 0.294 e. The Morgan fingerprint density at radius 1 is 1.00 bits per heavy atom. The predicted octanol–water partition coefficient (Wildman–Crippen LogP) is 4.44. The second-order valence-corrected chi connectivity index (χ2v) is 10.0. The van der Waals surface area contributed by atoms with Crippen molar-refractivity contribution in [2.45, 2.75) is 38.3 Å². The van der Waals surface area contributed by atoms with E-state index in [2.05, 4.69) is 20.6 Å². The largest absolute Gasteiger partial charge is 0.497 e. The van der Waals surface area contributed by atoms with Gasteiger partial charge in [-0.15, -0.1) is 24.8 Å². The number of methoxy groups -OCH3 is 2. The van der Waals surface area contributed by atoms with E-state index in [1.54, 1.807) is 31.0 Å². The highest BCUT2D eigenvalue weighted by Crippen LogP contribution is 2.29. The van der Waals surface area contributed by atoms with Crippen molar-refractivity contribution in [1.29, 1.82) is 0 Å². The molecule has 228 valence electrons. The highest BCUT2D eigenvalue weighted by molar-refractivity contribution is 5.85. The second-order valence-electron chi connectivity index (χ2n) is 10.0. The Kier molecular flexibility index (Phi) is 11.4. The van der Waals surface area contributed by atoms with Gasteiger partial charge >= 0.3 is 0 Å². The second kappa shape index (κ2) is 14.8. The Balaban J connectivity index is 0.00000253. The van der Waals surface area contributed by atoms with Crippen molar-refractivity contribution in [2.75, 3.05) is 31.8 Å². The third-order valence-electron chi connectivity index (χ3n) is 7.54. The minimum absolute atomic E-state index is 0. The number of nitrogens with two attached hydrogens (primary N) is 1. The highest BCUT2D eigenvalue weighted by atomic mass is 35.5. The summed E-state index contributed by atoms with van der Waals surface area (Å²) in [7, 11) is 3.27. The van der Waals surface area contributed by atoms with Crippen LogP contribution in [0.1, 0.15) is 46.5 Å². The minimum atomic E-state index is -0.609. The number of nitrogens with one attached hydrogen (secondary N) is 2. The molecule has 5 rings (SSSR count). The topological polar surface area (TPSA) is 133 Å². The number of nitrogens with zero attached hydrogens (tertiary/aromatic N) is 3. The number of hydrogen-bond acceptors (Lipinski definition) is 8. The lowest BCUT2D eigenvalue weighted by Crippen LogP contribution is -2.36. The first kappa shape index (κ1) is 33.2. The molecule has 0 unspecified atom stereocenters. The molecule has 1 amide bonds.